The zero-order chi connectivity index (χ0) is 31.5. The highest BCUT2D eigenvalue weighted by Crippen LogP contribution is 2.43. The molecule has 2 aromatic carbocycles. The number of nitrogens with zero attached hydrogens (tertiary/aromatic N) is 1. The fraction of sp³-hybridized carbons (Fsp3) is 0.382. The van der Waals surface area contributed by atoms with E-state index in [2.05, 4.69) is 27.0 Å². The topological polar surface area (TPSA) is 134 Å². The van der Waals surface area contributed by atoms with E-state index >= 15 is 0 Å². The Balaban J connectivity index is 1.67. The summed E-state index contributed by atoms with van der Waals surface area (Å²) in [6.45, 7) is 13.0. The van der Waals surface area contributed by atoms with Gasteiger partial charge in [-0.2, -0.15) is 0 Å². The van der Waals surface area contributed by atoms with Gasteiger partial charge >= 0.3 is 5.97 Å². The van der Waals surface area contributed by atoms with Crippen LogP contribution in [0.15, 0.2) is 51.9 Å². The molecule has 4 rings (SSSR count). The lowest BCUT2D eigenvalue weighted by atomic mass is 9.88. The molecule has 0 saturated carbocycles. The zero-order valence-electron chi connectivity index (χ0n) is 25.9. The van der Waals surface area contributed by atoms with Crippen LogP contribution in [0, 0.1) is 13.8 Å². The van der Waals surface area contributed by atoms with Gasteiger partial charge in [-0.05, 0) is 74.2 Å². The summed E-state index contributed by atoms with van der Waals surface area (Å²) in [6, 6.07) is 13.5. The van der Waals surface area contributed by atoms with Crippen molar-refractivity contribution in [1.29, 1.82) is 0 Å². The van der Waals surface area contributed by atoms with E-state index in [1.165, 1.54) is 0 Å². The summed E-state index contributed by atoms with van der Waals surface area (Å²) in [5.74, 6) is -0.341. The third-order valence-corrected chi connectivity index (χ3v) is 7.26. The minimum Gasteiger partial charge on any atom is -0.478 e. The fourth-order valence-corrected chi connectivity index (χ4v) is 5.18. The quantitative estimate of drug-likeness (QED) is 0.0774. The van der Waals surface area contributed by atoms with Gasteiger partial charge in [0.1, 0.15) is 11.3 Å². The molecule has 4 N–H and O–H groups in total. The van der Waals surface area contributed by atoms with Crippen LogP contribution >= 0.6 is 0 Å². The first-order valence-electron chi connectivity index (χ1n) is 15.0. The maximum Gasteiger partial charge on any atom is 0.336 e. The molecule has 1 aliphatic heterocycles. The van der Waals surface area contributed by atoms with Crippen molar-refractivity contribution in [2.45, 2.75) is 34.2 Å². The fourth-order valence-electron chi connectivity index (χ4n) is 5.18. The first-order valence-corrected chi connectivity index (χ1v) is 15.0. The molecule has 0 spiro atoms. The molecule has 2 aromatic rings. The first kappa shape index (κ1) is 32.7. The van der Waals surface area contributed by atoms with Crippen LogP contribution < -0.4 is 21.3 Å². The van der Waals surface area contributed by atoms with Crippen molar-refractivity contribution < 1.29 is 28.6 Å². The minimum absolute atomic E-state index is 0.225. The summed E-state index contributed by atoms with van der Waals surface area (Å²) in [5.41, 5.74) is 7.15. The van der Waals surface area contributed by atoms with Crippen molar-refractivity contribution in [1.82, 2.24) is 10.6 Å². The normalized spacial score (nSPS) is 11.8. The van der Waals surface area contributed by atoms with Gasteiger partial charge in [-0.15, -0.1) is 0 Å². The second-order valence-electron chi connectivity index (χ2n) is 10.4. The molecule has 0 saturated heterocycles. The van der Waals surface area contributed by atoms with Crippen LogP contribution in [0.3, 0.4) is 0 Å². The highest BCUT2D eigenvalue weighted by atomic mass is 16.5. The van der Waals surface area contributed by atoms with Crippen molar-refractivity contribution in [3.8, 4) is 22.5 Å². The number of fused-ring (bicyclic) bond motifs is 2. The molecule has 0 fully saturated rings. The largest absolute Gasteiger partial charge is 0.478 e. The Morgan fingerprint density at radius 2 is 1.73 bits per heavy atom. The Morgan fingerprint density at radius 3 is 2.43 bits per heavy atom. The SMILES string of the molecule is CCN=c1cc2oc3cc(NCC)c(C)cc3c(-c3cc(CNCCOCCOCCNC=O)ccc3C(=O)O)c-2cc1C. The minimum atomic E-state index is -0.991. The summed E-state index contributed by atoms with van der Waals surface area (Å²) in [5, 5.41) is 21.3. The van der Waals surface area contributed by atoms with Gasteiger partial charge in [0.15, 0.2) is 0 Å². The third-order valence-electron chi connectivity index (χ3n) is 7.26. The van der Waals surface area contributed by atoms with E-state index in [0.717, 1.165) is 50.8 Å². The van der Waals surface area contributed by atoms with Crippen LogP contribution in [0.25, 0.3) is 33.4 Å². The van der Waals surface area contributed by atoms with E-state index in [9.17, 15) is 14.7 Å². The molecule has 1 aliphatic carbocycles. The van der Waals surface area contributed by atoms with E-state index in [0.29, 0.717) is 75.9 Å². The predicted molar refractivity (Wildman–Crippen MR) is 172 cm³/mol. The molecule has 0 radical (unpaired) electrons. The smallest absolute Gasteiger partial charge is 0.336 e. The van der Waals surface area contributed by atoms with Crippen molar-refractivity contribution >= 4 is 29.0 Å². The lowest BCUT2D eigenvalue weighted by Crippen LogP contribution is -2.21. The lowest BCUT2D eigenvalue weighted by molar-refractivity contribution is -0.109. The van der Waals surface area contributed by atoms with Crippen LogP contribution in [0.5, 0.6) is 0 Å². The number of aromatic carboxylic acids is 1. The summed E-state index contributed by atoms with van der Waals surface area (Å²) in [6.07, 6.45) is 0.645. The molecule has 0 aromatic heterocycles. The van der Waals surface area contributed by atoms with Gasteiger partial charge in [-0.25, -0.2) is 4.79 Å². The van der Waals surface area contributed by atoms with E-state index < -0.39 is 5.97 Å². The van der Waals surface area contributed by atoms with E-state index in [1.807, 2.05) is 58.0 Å². The van der Waals surface area contributed by atoms with Gasteiger partial charge in [0.05, 0.1) is 37.3 Å². The number of carboxylic acid groups (broad SMARTS) is 1. The maximum absolute atomic E-state index is 12.5. The van der Waals surface area contributed by atoms with Crippen LogP contribution in [0.4, 0.5) is 5.69 Å². The van der Waals surface area contributed by atoms with E-state index in [-0.39, 0.29) is 5.56 Å². The standard InChI is InChI=1S/C34H42N4O6/c1-5-37-29-18-31-27(15-22(29)3)33(28-16-23(4)30(38-6-2)19-32(28)44-31)26-17-24(7-8-25(26)34(40)41)20-35-9-11-42-13-14-43-12-10-36-21-39/h7-8,15-19,21,35,37H,5-6,9-14,20H2,1-4H3,(H,36,39)(H,40,41). The number of benzene rings is 3. The maximum atomic E-state index is 12.5. The van der Waals surface area contributed by atoms with Crippen LogP contribution in [-0.2, 0) is 20.8 Å². The molecule has 2 aliphatic rings. The molecule has 10 heteroatoms. The Hall–Kier alpha value is -4.25. The number of nitrogens with one attached hydrogen (secondary N) is 3. The Kier molecular flexibility index (Phi) is 11.9. The van der Waals surface area contributed by atoms with Gasteiger partial charge in [0, 0.05) is 67.1 Å². The second kappa shape index (κ2) is 16.0. The number of carbonyl (C=O) groups excluding carboxylic acids is 1. The van der Waals surface area contributed by atoms with Crippen molar-refractivity contribution in [2.24, 2.45) is 4.99 Å². The Bertz CT molecular complexity index is 1630. The van der Waals surface area contributed by atoms with Crippen LogP contribution in [-0.4, -0.2) is 70.1 Å². The Labute approximate surface area is 257 Å². The van der Waals surface area contributed by atoms with Gasteiger partial charge in [-0.1, -0.05) is 6.07 Å². The molecular weight excluding hydrogens is 560 g/mol. The highest BCUT2D eigenvalue weighted by Gasteiger charge is 2.23. The molecule has 0 atom stereocenters. The molecule has 1 amide bonds. The van der Waals surface area contributed by atoms with Crippen molar-refractivity contribution in [3.63, 3.8) is 0 Å². The van der Waals surface area contributed by atoms with E-state index in [4.69, 9.17) is 13.9 Å². The monoisotopic (exact) mass is 602 g/mol. The average Bonchev–Trinajstić information content (AvgIpc) is 3.00. The number of ether oxygens (including phenoxy) is 2. The van der Waals surface area contributed by atoms with Crippen molar-refractivity contribution in [3.05, 3.63) is 70.1 Å². The number of hydrogen-bond acceptors (Lipinski definition) is 8. The molecule has 0 bridgehead atoms. The van der Waals surface area contributed by atoms with E-state index in [1.54, 1.807) is 6.07 Å². The van der Waals surface area contributed by atoms with Crippen molar-refractivity contribution in [2.75, 3.05) is 57.9 Å². The molecule has 10 nitrogen and oxygen atoms in total. The number of rotatable bonds is 17. The number of amides is 1. The average molecular weight is 603 g/mol. The zero-order valence-corrected chi connectivity index (χ0v) is 25.9. The summed E-state index contributed by atoms with van der Waals surface area (Å²) >= 11 is 0. The van der Waals surface area contributed by atoms with Gasteiger partial charge < -0.3 is 34.9 Å². The van der Waals surface area contributed by atoms with Gasteiger partial charge in [-0.3, -0.25) is 9.79 Å². The summed E-state index contributed by atoms with van der Waals surface area (Å²) in [4.78, 5) is 27.4. The van der Waals surface area contributed by atoms with Crippen LogP contribution in [0.2, 0.25) is 0 Å². The number of carboxylic acids is 1. The third kappa shape index (κ3) is 8.02. The number of anilines is 1. The first-order chi connectivity index (χ1) is 21.4. The molecule has 1 heterocycles. The Morgan fingerprint density at radius 1 is 0.955 bits per heavy atom. The predicted octanol–water partition coefficient (Wildman–Crippen LogP) is 4.74. The van der Waals surface area contributed by atoms with Gasteiger partial charge in [0.25, 0.3) is 0 Å². The number of aryl methyl sites for hydroxylation is 2. The molecule has 44 heavy (non-hydrogen) atoms. The molecular formula is C34H42N4O6. The number of hydrogen-bond donors (Lipinski definition) is 4. The summed E-state index contributed by atoms with van der Waals surface area (Å²) < 4.78 is 17.5. The number of carbonyl (C=O) groups is 2. The molecule has 234 valence electrons. The summed E-state index contributed by atoms with van der Waals surface area (Å²) in [7, 11) is 0. The lowest BCUT2D eigenvalue weighted by Gasteiger charge is -2.20. The highest BCUT2D eigenvalue weighted by molar-refractivity contribution is 6.08. The second-order valence-corrected chi connectivity index (χ2v) is 10.4. The van der Waals surface area contributed by atoms with Gasteiger partial charge in [0.2, 0.25) is 6.41 Å². The molecule has 0 unspecified atom stereocenters. The van der Waals surface area contributed by atoms with Crippen LogP contribution in [0.1, 0.15) is 40.9 Å².